The van der Waals surface area contributed by atoms with E-state index in [1.54, 1.807) is 6.92 Å². The zero-order valence-electron chi connectivity index (χ0n) is 13.0. The lowest BCUT2D eigenvalue weighted by Gasteiger charge is -2.11. The first-order chi connectivity index (χ1) is 11.4. The third-order valence-electron chi connectivity index (χ3n) is 3.47. The second-order valence-corrected chi connectivity index (χ2v) is 5.15. The fourth-order valence-electron chi connectivity index (χ4n) is 2.09. The van der Waals surface area contributed by atoms with Crippen molar-refractivity contribution in [3.05, 3.63) is 52.9 Å². The number of aliphatic hydroxyl groups is 1. The van der Waals surface area contributed by atoms with Crippen LogP contribution in [0.4, 0.5) is 0 Å². The summed E-state index contributed by atoms with van der Waals surface area (Å²) in [7, 11) is 0. The molecule has 7 nitrogen and oxygen atoms in total. The van der Waals surface area contributed by atoms with Crippen LogP contribution >= 0.6 is 0 Å². The zero-order chi connectivity index (χ0) is 17.7. The zero-order valence-corrected chi connectivity index (χ0v) is 13.0. The molecule has 0 aliphatic rings. The van der Waals surface area contributed by atoms with E-state index in [2.05, 4.69) is 10.3 Å². The van der Waals surface area contributed by atoms with Gasteiger partial charge in [-0.15, -0.1) is 0 Å². The molecule has 0 spiro atoms. The van der Waals surface area contributed by atoms with Crippen molar-refractivity contribution in [2.45, 2.75) is 20.1 Å². The number of aryl methyl sites for hydroxylation is 1. The topological polar surface area (TPSA) is 123 Å². The molecule has 24 heavy (non-hydrogen) atoms. The van der Waals surface area contributed by atoms with E-state index < -0.39 is 5.91 Å². The first kappa shape index (κ1) is 17.3. The van der Waals surface area contributed by atoms with E-state index in [-0.39, 0.29) is 30.4 Å². The lowest BCUT2D eigenvalue weighted by molar-refractivity contribution is -0.116. The number of aliphatic hydroxyl groups excluding tert-OH is 1. The molecule has 2 aromatic rings. The first-order valence-corrected chi connectivity index (χ1v) is 7.17. The van der Waals surface area contributed by atoms with Crippen molar-refractivity contribution in [1.82, 2.24) is 10.3 Å². The molecule has 0 saturated heterocycles. The van der Waals surface area contributed by atoms with Gasteiger partial charge in [0, 0.05) is 41.6 Å². The Balaban J connectivity index is 2.06. The maximum atomic E-state index is 11.9. The number of pyridine rings is 1. The highest BCUT2D eigenvalue weighted by atomic mass is 16.3. The summed E-state index contributed by atoms with van der Waals surface area (Å²) in [6.07, 6.45) is 4.06. The van der Waals surface area contributed by atoms with Gasteiger partial charge >= 0.3 is 0 Å². The molecule has 0 atom stereocenters. The van der Waals surface area contributed by atoms with E-state index in [0.29, 0.717) is 22.4 Å². The van der Waals surface area contributed by atoms with Crippen LogP contribution in [0.25, 0.3) is 6.08 Å². The van der Waals surface area contributed by atoms with Crippen molar-refractivity contribution < 1.29 is 25.2 Å². The average molecular weight is 330 g/mol. The summed E-state index contributed by atoms with van der Waals surface area (Å²) in [6, 6.07) is 4.03. The van der Waals surface area contributed by atoms with Gasteiger partial charge in [0.25, 0.3) is 0 Å². The van der Waals surface area contributed by atoms with Crippen molar-refractivity contribution in [3.63, 3.8) is 0 Å². The third kappa shape index (κ3) is 4.02. The van der Waals surface area contributed by atoms with Crippen LogP contribution < -0.4 is 5.32 Å². The number of phenols is 2. The maximum absolute atomic E-state index is 11.9. The monoisotopic (exact) mass is 330 g/mol. The number of carbonyl (C=O) groups excluding carboxylic acids is 1. The van der Waals surface area contributed by atoms with Gasteiger partial charge < -0.3 is 25.7 Å². The Morgan fingerprint density at radius 2 is 2.04 bits per heavy atom. The number of aromatic hydroxyl groups is 3. The number of amides is 1. The second kappa shape index (κ2) is 7.47. The molecular weight excluding hydrogens is 312 g/mol. The van der Waals surface area contributed by atoms with Gasteiger partial charge in [-0.25, -0.2) is 0 Å². The Morgan fingerprint density at radius 3 is 2.71 bits per heavy atom. The predicted molar refractivity (Wildman–Crippen MR) is 87.2 cm³/mol. The molecule has 5 N–H and O–H groups in total. The summed E-state index contributed by atoms with van der Waals surface area (Å²) in [5.74, 6) is -0.736. The van der Waals surface area contributed by atoms with E-state index in [9.17, 15) is 25.2 Å². The Bertz CT molecular complexity index is 787. The SMILES string of the molecule is Cc1ncc(CO)c(CNC(=O)/C=C/c2ccc(O)cc2O)c1O. The number of nitrogens with zero attached hydrogens (tertiary/aromatic N) is 1. The minimum absolute atomic E-state index is 0.0236. The average Bonchev–Trinajstić information content (AvgIpc) is 2.55. The molecule has 0 fully saturated rings. The number of hydrogen-bond donors (Lipinski definition) is 5. The molecule has 0 unspecified atom stereocenters. The number of nitrogens with one attached hydrogen (secondary N) is 1. The van der Waals surface area contributed by atoms with Crippen LogP contribution in [0.2, 0.25) is 0 Å². The molecule has 1 amide bonds. The highest BCUT2D eigenvalue weighted by molar-refractivity contribution is 5.92. The molecule has 0 saturated carbocycles. The molecule has 0 radical (unpaired) electrons. The minimum atomic E-state index is -0.444. The Morgan fingerprint density at radius 1 is 1.29 bits per heavy atom. The van der Waals surface area contributed by atoms with E-state index in [1.807, 2.05) is 0 Å². The Kier molecular flexibility index (Phi) is 5.39. The van der Waals surface area contributed by atoms with E-state index in [0.717, 1.165) is 0 Å². The van der Waals surface area contributed by atoms with Gasteiger partial charge in [-0.05, 0) is 25.1 Å². The van der Waals surface area contributed by atoms with Crippen molar-refractivity contribution in [1.29, 1.82) is 0 Å². The number of hydrogen-bond acceptors (Lipinski definition) is 6. The molecule has 0 aliphatic carbocycles. The number of phenolic OH excluding ortho intramolecular Hbond substituents is 2. The van der Waals surface area contributed by atoms with Crippen LogP contribution in [-0.2, 0) is 17.9 Å². The molecule has 2 rings (SSSR count). The summed E-state index contributed by atoms with van der Waals surface area (Å²) in [5, 5.41) is 40.7. The number of rotatable bonds is 5. The van der Waals surface area contributed by atoms with Gasteiger partial charge in [-0.3, -0.25) is 9.78 Å². The fourth-order valence-corrected chi connectivity index (χ4v) is 2.09. The molecule has 0 bridgehead atoms. The van der Waals surface area contributed by atoms with E-state index in [4.69, 9.17) is 0 Å². The highest BCUT2D eigenvalue weighted by Crippen LogP contribution is 2.24. The van der Waals surface area contributed by atoms with E-state index >= 15 is 0 Å². The molecule has 1 aromatic carbocycles. The quantitative estimate of drug-likeness (QED) is 0.527. The molecule has 0 aliphatic heterocycles. The summed E-state index contributed by atoms with van der Waals surface area (Å²) in [5.41, 5.74) is 1.61. The highest BCUT2D eigenvalue weighted by Gasteiger charge is 2.11. The Hall–Kier alpha value is -3.06. The van der Waals surface area contributed by atoms with Crippen LogP contribution in [0, 0.1) is 6.92 Å². The number of aromatic nitrogens is 1. The third-order valence-corrected chi connectivity index (χ3v) is 3.47. The number of carbonyl (C=O) groups is 1. The van der Waals surface area contributed by atoms with Crippen molar-refractivity contribution in [2.24, 2.45) is 0 Å². The van der Waals surface area contributed by atoms with Gasteiger partial charge in [-0.1, -0.05) is 0 Å². The van der Waals surface area contributed by atoms with Crippen LogP contribution in [0.15, 0.2) is 30.5 Å². The Labute approximate surface area is 138 Å². The van der Waals surface area contributed by atoms with E-state index in [1.165, 1.54) is 36.5 Å². The normalized spacial score (nSPS) is 10.9. The summed E-state index contributed by atoms with van der Waals surface area (Å²) >= 11 is 0. The fraction of sp³-hybridized carbons (Fsp3) is 0.176. The lowest BCUT2D eigenvalue weighted by atomic mass is 10.1. The minimum Gasteiger partial charge on any atom is -0.508 e. The van der Waals surface area contributed by atoms with Gasteiger partial charge in [-0.2, -0.15) is 0 Å². The molecule has 126 valence electrons. The van der Waals surface area contributed by atoms with Crippen LogP contribution in [-0.4, -0.2) is 31.3 Å². The number of benzene rings is 1. The van der Waals surface area contributed by atoms with Crippen molar-refractivity contribution in [2.75, 3.05) is 0 Å². The predicted octanol–water partition coefficient (Wildman–Crippen LogP) is 1.33. The van der Waals surface area contributed by atoms with Crippen LogP contribution in [0.3, 0.4) is 0 Å². The van der Waals surface area contributed by atoms with Gasteiger partial charge in [0.1, 0.15) is 17.2 Å². The summed E-state index contributed by atoms with van der Waals surface area (Å²) in [4.78, 5) is 15.8. The smallest absolute Gasteiger partial charge is 0.244 e. The van der Waals surface area contributed by atoms with Gasteiger partial charge in [0.05, 0.1) is 12.3 Å². The van der Waals surface area contributed by atoms with Crippen LogP contribution in [0.1, 0.15) is 22.4 Å². The second-order valence-electron chi connectivity index (χ2n) is 5.15. The summed E-state index contributed by atoms with van der Waals surface area (Å²) in [6.45, 7) is 1.34. The summed E-state index contributed by atoms with van der Waals surface area (Å²) < 4.78 is 0. The molecular formula is C17H18N2O5. The van der Waals surface area contributed by atoms with Gasteiger partial charge in [0.2, 0.25) is 5.91 Å². The maximum Gasteiger partial charge on any atom is 0.244 e. The van der Waals surface area contributed by atoms with Crippen molar-refractivity contribution >= 4 is 12.0 Å². The van der Waals surface area contributed by atoms with Crippen molar-refractivity contribution in [3.8, 4) is 17.2 Å². The molecule has 1 aromatic heterocycles. The first-order valence-electron chi connectivity index (χ1n) is 7.17. The standard InChI is InChI=1S/C17H18N2O5/c1-10-17(24)14(12(9-20)7-18-10)8-19-16(23)5-3-11-2-4-13(21)6-15(11)22/h2-7,20-22,24H,8-9H2,1H3,(H,19,23)/b5-3+. The van der Waals surface area contributed by atoms with Crippen LogP contribution in [0.5, 0.6) is 17.2 Å². The molecule has 7 heteroatoms. The lowest BCUT2D eigenvalue weighted by Crippen LogP contribution is -2.21. The van der Waals surface area contributed by atoms with Gasteiger partial charge in [0.15, 0.2) is 0 Å². The largest absolute Gasteiger partial charge is 0.508 e. The molecule has 1 heterocycles.